The summed E-state index contributed by atoms with van der Waals surface area (Å²) in [6, 6.07) is 27.8. The summed E-state index contributed by atoms with van der Waals surface area (Å²) in [6.45, 7) is 2.27. The van der Waals surface area contributed by atoms with Gasteiger partial charge in [0.2, 0.25) is 0 Å². The summed E-state index contributed by atoms with van der Waals surface area (Å²) in [7, 11) is 0. The molecule has 0 saturated carbocycles. The molecule has 1 atom stereocenters. The van der Waals surface area contributed by atoms with Gasteiger partial charge in [-0.1, -0.05) is 88.7 Å². The minimum absolute atomic E-state index is 0.244. The molecule has 27 heavy (non-hydrogen) atoms. The molecule has 0 fully saturated rings. The van der Waals surface area contributed by atoms with Crippen molar-refractivity contribution < 1.29 is 9.53 Å². The van der Waals surface area contributed by atoms with E-state index in [9.17, 15) is 4.79 Å². The van der Waals surface area contributed by atoms with Crippen LogP contribution in [0.2, 0.25) is 0 Å². The zero-order chi connectivity index (χ0) is 19.1. The molecule has 3 nitrogen and oxygen atoms in total. The molecular weight excluding hydrogens is 402 g/mol. The second-order valence-electron chi connectivity index (χ2n) is 6.69. The fourth-order valence-corrected chi connectivity index (χ4v) is 3.51. The van der Waals surface area contributed by atoms with Gasteiger partial charge in [0.1, 0.15) is 6.61 Å². The lowest BCUT2D eigenvalue weighted by Gasteiger charge is -2.31. The molecule has 1 unspecified atom stereocenters. The molecule has 1 N–H and O–H groups in total. The van der Waals surface area contributed by atoms with Gasteiger partial charge in [0.25, 0.3) is 0 Å². The number of alkyl carbamates (subject to hydrolysis) is 1. The van der Waals surface area contributed by atoms with Crippen molar-refractivity contribution in [1.82, 2.24) is 5.32 Å². The third kappa shape index (κ3) is 5.44. The maximum absolute atomic E-state index is 12.5. The average Bonchev–Trinajstić information content (AvgIpc) is 2.68. The highest BCUT2D eigenvalue weighted by atomic mass is 79.9. The monoisotopic (exact) mass is 423 g/mol. The second-order valence-corrected chi connectivity index (χ2v) is 7.61. The standard InChI is InChI=1S/C23H22BrNO2/c1-23(20-12-6-3-7-13-20,16-19-11-8-14-21(24)15-19)25-22(26)27-17-18-9-4-2-5-10-18/h2-15H,16-17H2,1H3,(H,25,26). The summed E-state index contributed by atoms with van der Waals surface area (Å²) < 4.78 is 6.46. The van der Waals surface area contributed by atoms with Crippen LogP contribution in [0.3, 0.4) is 0 Å². The lowest BCUT2D eigenvalue weighted by molar-refractivity contribution is 0.127. The van der Waals surface area contributed by atoms with Crippen molar-refractivity contribution in [2.24, 2.45) is 0 Å². The summed E-state index contributed by atoms with van der Waals surface area (Å²) in [5.41, 5.74) is 2.53. The first-order chi connectivity index (χ1) is 13.0. The van der Waals surface area contributed by atoms with Gasteiger partial charge in [-0.25, -0.2) is 4.79 Å². The third-order valence-corrected chi connectivity index (χ3v) is 4.94. The Balaban J connectivity index is 1.76. The Morgan fingerprint density at radius 2 is 1.56 bits per heavy atom. The fraction of sp³-hybridized carbons (Fsp3) is 0.174. The van der Waals surface area contributed by atoms with Gasteiger partial charge in [-0.15, -0.1) is 0 Å². The van der Waals surface area contributed by atoms with Crippen molar-refractivity contribution in [1.29, 1.82) is 0 Å². The van der Waals surface area contributed by atoms with Crippen LogP contribution in [-0.2, 0) is 23.3 Å². The van der Waals surface area contributed by atoms with E-state index in [0.717, 1.165) is 21.2 Å². The highest BCUT2D eigenvalue weighted by Crippen LogP contribution is 2.27. The topological polar surface area (TPSA) is 38.3 Å². The quantitative estimate of drug-likeness (QED) is 0.541. The first kappa shape index (κ1) is 19.2. The predicted octanol–water partition coefficient (Wildman–Crippen LogP) is 5.83. The third-order valence-electron chi connectivity index (χ3n) is 4.45. The maximum atomic E-state index is 12.5. The number of carbonyl (C=O) groups is 1. The minimum atomic E-state index is -0.587. The molecule has 0 aliphatic carbocycles. The van der Waals surface area contributed by atoms with Gasteiger partial charge in [0.05, 0.1) is 5.54 Å². The van der Waals surface area contributed by atoms with Crippen molar-refractivity contribution in [3.05, 3.63) is 106 Å². The van der Waals surface area contributed by atoms with Gasteiger partial charge in [-0.2, -0.15) is 0 Å². The van der Waals surface area contributed by atoms with Crippen LogP contribution in [-0.4, -0.2) is 6.09 Å². The van der Waals surface area contributed by atoms with E-state index in [4.69, 9.17) is 4.74 Å². The van der Waals surface area contributed by atoms with Crippen LogP contribution < -0.4 is 5.32 Å². The largest absolute Gasteiger partial charge is 0.445 e. The van der Waals surface area contributed by atoms with Gasteiger partial charge in [-0.3, -0.25) is 0 Å². The summed E-state index contributed by atoms with van der Waals surface area (Å²) in [5, 5.41) is 3.07. The van der Waals surface area contributed by atoms with Crippen LogP contribution in [0.15, 0.2) is 89.4 Å². The van der Waals surface area contributed by atoms with Crippen LogP contribution in [0.25, 0.3) is 0 Å². The molecule has 0 bridgehead atoms. The number of ether oxygens (including phenoxy) is 1. The van der Waals surface area contributed by atoms with Crippen LogP contribution in [0.4, 0.5) is 4.79 Å². The van der Waals surface area contributed by atoms with E-state index in [-0.39, 0.29) is 6.61 Å². The first-order valence-electron chi connectivity index (χ1n) is 8.84. The number of benzene rings is 3. The zero-order valence-electron chi connectivity index (χ0n) is 15.2. The number of amides is 1. The number of hydrogen-bond donors (Lipinski definition) is 1. The molecule has 0 spiro atoms. The molecule has 1 amide bonds. The first-order valence-corrected chi connectivity index (χ1v) is 9.63. The molecule has 0 saturated heterocycles. The molecule has 138 valence electrons. The van der Waals surface area contributed by atoms with Gasteiger partial charge in [-0.05, 0) is 42.2 Å². The Kier molecular flexibility index (Phi) is 6.30. The SMILES string of the molecule is CC(Cc1cccc(Br)c1)(NC(=O)OCc1ccccc1)c1ccccc1. The molecule has 0 heterocycles. The Bertz CT molecular complexity index is 883. The number of nitrogens with one attached hydrogen (secondary N) is 1. The smallest absolute Gasteiger partial charge is 0.408 e. The Hall–Kier alpha value is -2.59. The lowest BCUT2D eigenvalue weighted by atomic mass is 9.85. The molecule has 4 heteroatoms. The second kappa shape index (κ2) is 8.87. The van der Waals surface area contributed by atoms with Crippen LogP contribution in [0, 0.1) is 0 Å². The van der Waals surface area contributed by atoms with Crippen molar-refractivity contribution in [3.63, 3.8) is 0 Å². The van der Waals surface area contributed by atoms with Crippen molar-refractivity contribution >= 4 is 22.0 Å². The number of halogens is 1. The summed E-state index contributed by atoms with van der Waals surface area (Å²) in [6.07, 6.45) is 0.219. The van der Waals surface area contributed by atoms with E-state index in [2.05, 4.69) is 33.4 Å². The van der Waals surface area contributed by atoms with E-state index in [1.54, 1.807) is 0 Å². The van der Waals surface area contributed by atoms with Gasteiger partial charge < -0.3 is 10.1 Å². The number of hydrogen-bond acceptors (Lipinski definition) is 2. The maximum Gasteiger partial charge on any atom is 0.408 e. The van der Waals surface area contributed by atoms with E-state index in [1.165, 1.54) is 0 Å². The number of carbonyl (C=O) groups excluding carboxylic acids is 1. The van der Waals surface area contributed by atoms with E-state index in [0.29, 0.717) is 6.42 Å². The molecule has 3 rings (SSSR count). The average molecular weight is 424 g/mol. The van der Waals surface area contributed by atoms with Crippen LogP contribution in [0.1, 0.15) is 23.6 Å². The van der Waals surface area contributed by atoms with Crippen molar-refractivity contribution in [2.75, 3.05) is 0 Å². The molecule has 3 aromatic carbocycles. The molecule has 0 aliphatic rings. The Morgan fingerprint density at radius 3 is 2.22 bits per heavy atom. The summed E-state index contributed by atoms with van der Waals surface area (Å²) in [4.78, 5) is 12.5. The normalized spacial score (nSPS) is 12.8. The van der Waals surface area contributed by atoms with Crippen LogP contribution >= 0.6 is 15.9 Å². The Morgan fingerprint density at radius 1 is 0.926 bits per heavy atom. The van der Waals surface area contributed by atoms with Gasteiger partial charge in [0, 0.05) is 4.47 Å². The van der Waals surface area contributed by atoms with E-state index < -0.39 is 11.6 Å². The lowest BCUT2D eigenvalue weighted by Crippen LogP contribution is -2.45. The fourth-order valence-electron chi connectivity index (χ4n) is 3.06. The predicted molar refractivity (Wildman–Crippen MR) is 111 cm³/mol. The highest BCUT2D eigenvalue weighted by molar-refractivity contribution is 9.10. The highest BCUT2D eigenvalue weighted by Gasteiger charge is 2.29. The molecule has 0 radical (unpaired) electrons. The summed E-state index contributed by atoms with van der Waals surface area (Å²) in [5.74, 6) is 0. The van der Waals surface area contributed by atoms with Gasteiger partial charge >= 0.3 is 6.09 Å². The number of rotatable bonds is 6. The van der Waals surface area contributed by atoms with Gasteiger partial charge in [0.15, 0.2) is 0 Å². The molecule has 0 aromatic heterocycles. The molecule has 3 aromatic rings. The van der Waals surface area contributed by atoms with Crippen molar-refractivity contribution in [3.8, 4) is 0 Å². The molecular formula is C23H22BrNO2. The van der Waals surface area contributed by atoms with E-state index in [1.807, 2.05) is 79.7 Å². The van der Waals surface area contributed by atoms with Crippen molar-refractivity contribution in [2.45, 2.75) is 25.5 Å². The zero-order valence-corrected chi connectivity index (χ0v) is 16.8. The minimum Gasteiger partial charge on any atom is -0.445 e. The van der Waals surface area contributed by atoms with Crippen LogP contribution in [0.5, 0.6) is 0 Å². The Labute approximate surface area is 168 Å². The molecule has 0 aliphatic heterocycles. The van der Waals surface area contributed by atoms with E-state index >= 15 is 0 Å². The summed E-state index contributed by atoms with van der Waals surface area (Å²) >= 11 is 3.52.